The highest BCUT2D eigenvalue weighted by atomic mass is 35.5. The van der Waals surface area contributed by atoms with E-state index in [1.54, 1.807) is 0 Å². The summed E-state index contributed by atoms with van der Waals surface area (Å²) in [6.07, 6.45) is 1.29. The third-order valence-electron chi connectivity index (χ3n) is 3.09. The van der Waals surface area contributed by atoms with Crippen LogP contribution in [0.3, 0.4) is 0 Å². The van der Waals surface area contributed by atoms with E-state index in [0.29, 0.717) is 5.03 Å². The number of hydrogen-bond acceptors (Lipinski definition) is 1. The molecule has 1 N–H and O–H groups in total. The summed E-state index contributed by atoms with van der Waals surface area (Å²) in [7, 11) is 0. The molecule has 0 aliphatic heterocycles. The molecule has 2 heteroatoms. The van der Waals surface area contributed by atoms with Gasteiger partial charge in [-0.2, -0.15) is 0 Å². The maximum Gasteiger partial charge on any atom is 0.105 e. The molecule has 84 valence electrons. The zero-order valence-corrected chi connectivity index (χ0v) is 9.85. The number of aliphatic hydroxyl groups excluding tert-OH is 1. The lowest BCUT2D eigenvalue weighted by Gasteiger charge is -2.14. The van der Waals surface area contributed by atoms with Crippen molar-refractivity contribution in [2.24, 2.45) is 0 Å². The zero-order valence-electron chi connectivity index (χ0n) is 9.10. The Hall–Kier alpha value is -1.57. The summed E-state index contributed by atoms with van der Waals surface area (Å²) in [5.41, 5.74) is 3.63. The first kappa shape index (κ1) is 10.6. The smallest absolute Gasteiger partial charge is 0.105 e. The van der Waals surface area contributed by atoms with Crippen LogP contribution in [0.1, 0.15) is 28.4 Å². The van der Waals surface area contributed by atoms with Gasteiger partial charge < -0.3 is 5.11 Å². The lowest BCUT2D eigenvalue weighted by atomic mass is 9.97. The molecule has 3 rings (SSSR count). The van der Waals surface area contributed by atoms with Crippen molar-refractivity contribution in [2.45, 2.75) is 6.10 Å². The molecule has 0 saturated heterocycles. The topological polar surface area (TPSA) is 20.2 Å². The number of fused-ring (bicyclic) bond motifs is 2. The molecule has 1 aliphatic carbocycles. The van der Waals surface area contributed by atoms with Gasteiger partial charge in [0.25, 0.3) is 0 Å². The average Bonchev–Trinajstić information content (AvgIpc) is 2.48. The molecule has 0 aromatic heterocycles. The Morgan fingerprint density at radius 3 is 2.35 bits per heavy atom. The zero-order chi connectivity index (χ0) is 11.8. The molecule has 0 radical (unpaired) electrons. The van der Waals surface area contributed by atoms with Gasteiger partial charge in [0.2, 0.25) is 0 Å². The highest BCUT2D eigenvalue weighted by molar-refractivity contribution is 6.51. The van der Waals surface area contributed by atoms with Gasteiger partial charge in [-0.15, -0.1) is 0 Å². The van der Waals surface area contributed by atoms with Crippen LogP contribution in [0.2, 0.25) is 0 Å². The van der Waals surface area contributed by atoms with Gasteiger partial charge in [0.05, 0.1) is 0 Å². The van der Waals surface area contributed by atoms with Crippen molar-refractivity contribution >= 4 is 22.7 Å². The van der Waals surface area contributed by atoms with Gasteiger partial charge in [0, 0.05) is 5.03 Å². The lowest BCUT2D eigenvalue weighted by Crippen LogP contribution is -2.02. The first-order valence-corrected chi connectivity index (χ1v) is 5.88. The minimum atomic E-state index is -0.616. The van der Waals surface area contributed by atoms with E-state index in [4.69, 9.17) is 11.6 Å². The largest absolute Gasteiger partial charge is 0.384 e. The van der Waals surface area contributed by atoms with Gasteiger partial charge in [-0.05, 0) is 28.3 Å². The molecule has 0 heterocycles. The summed E-state index contributed by atoms with van der Waals surface area (Å²) in [5.74, 6) is 0. The van der Waals surface area contributed by atoms with Gasteiger partial charge in [0.1, 0.15) is 6.10 Å². The van der Waals surface area contributed by atoms with Crippen LogP contribution in [0.4, 0.5) is 0 Å². The van der Waals surface area contributed by atoms with Crippen molar-refractivity contribution in [3.63, 3.8) is 0 Å². The Morgan fingerprint density at radius 1 is 0.882 bits per heavy atom. The van der Waals surface area contributed by atoms with Crippen molar-refractivity contribution in [3.8, 4) is 0 Å². The Bertz CT molecular complexity index is 601. The van der Waals surface area contributed by atoms with Gasteiger partial charge >= 0.3 is 0 Å². The Morgan fingerprint density at radius 2 is 1.53 bits per heavy atom. The van der Waals surface area contributed by atoms with E-state index < -0.39 is 6.10 Å². The van der Waals surface area contributed by atoms with Crippen molar-refractivity contribution in [1.29, 1.82) is 0 Å². The van der Waals surface area contributed by atoms with Crippen molar-refractivity contribution < 1.29 is 5.11 Å². The Balaban J connectivity index is 2.32. The second kappa shape index (κ2) is 4.02. The molecular weight excluding hydrogens is 232 g/mol. The van der Waals surface area contributed by atoms with E-state index in [1.165, 1.54) is 0 Å². The van der Waals surface area contributed by atoms with Crippen molar-refractivity contribution in [2.75, 3.05) is 0 Å². The number of aliphatic hydroxyl groups is 1. The van der Waals surface area contributed by atoms with Crippen LogP contribution in [0, 0.1) is 0 Å². The number of hydrogen-bond donors (Lipinski definition) is 1. The maximum atomic E-state index is 10.4. The second-order valence-corrected chi connectivity index (χ2v) is 4.52. The third kappa shape index (κ3) is 1.68. The minimum absolute atomic E-state index is 0.616. The Kier molecular flexibility index (Phi) is 2.50. The number of benzene rings is 2. The maximum absolute atomic E-state index is 10.4. The number of rotatable bonds is 0. The summed E-state index contributed by atoms with van der Waals surface area (Å²) in [5, 5.41) is 11.1. The summed E-state index contributed by atoms with van der Waals surface area (Å²) in [6, 6.07) is 15.5. The van der Waals surface area contributed by atoms with E-state index in [1.807, 2.05) is 54.6 Å². The molecule has 0 amide bonds. The fraction of sp³-hybridized carbons (Fsp3) is 0.0667. The summed E-state index contributed by atoms with van der Waals surface area (Å²) >= 11 is 6.29. The van der Waals surface area contributed by atoms with Gasteiger partial charge in [0.15, 0.2) is 0 Å². The first-order chi connectivity index (χ1) is 8.27. The molecule has 0 spiro atoms. The van der Waals surface area contributed by atoms with Crippen molar-refractivity contribution in [1.82, 2.24) is 0 Å². The molecule has 1 atom stereocenters. The average molecular weight is 243 g/mol. The monoisotopic (exact) mass is 242 g/mol. The molecule has 0 fully saturated rings. The van der Waals surface area contributed by atoms with Crippen LogP contribution < -0.4 is 0 Å². The SMILES string of the molecule is OC1c2ccccc2C=C(Cl)c2ccccc21. The molecule has 1 nitrogen and oxygen atoms in total. The molecular formula is C15H11ClO. The predicted octanol–water partition coefficient (Wildman–Crippen LogP) is 3.82. The minimum Gasteiger partial charge on any atom is -0.384 e. The van der Waals surface area contributed by atoms with Crippen LogP contribution in [-0.4, -0.2) is 5.11 Å². The van der Waals surface area contributed by atoms with Crippen LogP contribution in [0.15, 0.2) is 48.5 Å². The standard InChI is InChI=1S/C15H11ClO/c16-14-9-10-5-1-2-6-11(10)15(17)13-8-4-3-7-12(13)14/h1-9,15,17H. The second-order valence-electron chi connectivity index (χ2n) is 4.11. The van der Waals surface area contributed by atoms with E-state index in [9.17, 15) is 5.11 Å². The van der Waals surface area contributed by atoms with E-state index in [0.717, 1.165) is 22.3 Å². The first-order valence-electron chi connectivity index (χ1n) is 5.51. The van der Waals surface area contributed by atoms with E-state index in [2.05, 4.69) is 0 Å². The van der Waals surface area contributed by atoms with E-state index >= 15 is 0 Å². The summed E-state index contributed by atoms with van der Waals surface area (Å²) < 4.78 is 0. The fourth-order valence-corrected chi connectivity index (χ4v) is 2.52. The molecule has 2 aromatic rings. The molecule has 1 unspecified atom stereocenters. The normalized spacial score (nSPS) is 17.8. The molecule has 2 aromatic carbocycles. The lowest BCUT2D eigenvalue weighted by molar-refractivity contribution is 0.220. The van der Waals surface area contributed by atoms with Gasteiger partial charge in [-0.1, -0.05) is 60.1 Å². The van der Waals surface area contributed by atoms with Crippen LogP contribution in [0.5, 0.6) is 0 Å². The van der Waals surface area contributed by atoms with Crippen LogP contribution in [0.25, 0.3) is 11.1 Å². The third-order valence-corrected chi connectivity index (χ3v) is 3.40. The molecule has 0 saturated carbocycles. The highest BCUT2D eigenvalue weighted by Gasteiger charge is 2.21. The van der Waals surface area contributed by atoms with E-state index in [-0.39, 0.29) is 0 Å². The predicted molar refractivity (Wildman–Crippen MR) is 70.7 cm³/mol. The molecule has 1 aliphatic rings. The van der Waals surface area contributed by atoms with Gasteiger partial charge in [-0.25, -0.2) is 0 Å². The highest BCUT2D eigenvalue weighted by Crippen LogP contribution is 2.37. The van der Waals surface area contributed by atoms with Gasteiger partial charge in [-0.3, -0.25) is 0 Å². The molecule has 0 bridgehead atoms. The Labute approximate surface area is 105 Å². The number of halogens is 1. The van der Waals surface area contributed by atoms with Crippen LogP contribution in [-0.2, 0) is 0 Å². The summed E-state index contributed by atoms with van der Waals surface area (Å²) in [6.45, 7) is 0. The van der Waals surface area contributed by atoms with Crippen LogP contribution >= 0.6 is 11.6 Å². The fourth-order valence-electron chi connectivity index (χ4n) is 2.23. The summed E-state index contributed by atoms with van der Waals surface area (Å²) in [4.78, 5) is 0. The quantitative estimate of drug-likeness (QED) is 0.745. The molecule has 17 heavy (non-hydrogen) atoms. The van der Waals surface area contributed by atoms with Crippen molar-refractivity contribution in [3.05, 3.63) is 70.8 Å².